The second-order valence-corrected chi connectivity index (χ2v) is 4.69. The van der Waals surface area contributed by atoms with Gasteiger partial charge in [0.1, 0.15) is 5.69 Å². The number of nitro benzene ring substituents is 1. The minimum atomic E-state index is -0.463. The summed E-state index contributed by atoms with van der Waals surface area (Å²) in [5, 5.41) is 10.6. The standard InChI is InChI=1S/C12H20N4O2/c1-14(2)6-7-15(3)9-10-4-5-12(16(17)18)11(13)8-10/h4-5,8H,6-7,9,13H2,1-3H3. The number of rotatable bonds is 6. The summed E-state index contributed by atoms with van der Waals surface area (Å²) in [4.78, 5) is 14.4. The molecule has 0 spiro atoms. The molecule has 0 unspecified atom stereocenters. The van der Waals surface area contributed by atoms with Gasteiger partial charge in [-0.05, 0) is 32.8 Å². The quantitative estimate of drug-likeness (QED) is 0.467. The van der Waals surface area contributed by atoms with Crippen LogP contribution in [0.25, 0.3) is 0 Å². The molecule has 0 bridgehead atoms. The Labute approximate surface area is 107 Å². The molecule has 0 saturated heterocycles. The molecule has 1 rings (SSSR count). The minimum Gasteiger partial charge on any atom is -0.393 e. The summed E-state index contributed by atoms with van der Waals surface area (Å²) in [6, 6.07) is 4.88. The molecule has 0 aromatic heterocycles. The largest absolute Gasteiger partial charge is 0.393 e. The van der Waals surface area contributed by atoms with E-state index in [0.717, 1.165) is 25.2 Å². The van der Waals surface area contributed by atoms with Gasteiger partial charge in [-0.15, -0.1) is 0 Å². The molecule has 2 N–H and O–H groups in total. The van der Waals surface area contributed by atoms with Gasteiger partial charge in [-0.3, -0.25) is 10.1 Å². The second-order valence-electron chi connectivity index (χ2n) is 4.69. The zero-order chi connectivity index (χ0) is 13.7. The second kappa shape index (κ2) is 6.32. The average molecular weight is 252 g/mol. The average Bonchev–Trinajstić information content (AvgIpc) is 2.26. The Balaban J connectivity index is 2.63. The van der Waals surface area contributed by atoms with Crippen molar-refractivity contribution >= 4 is 11.4 Å². The Kier molecular flexibility index (Phi) is 5.06. The van der Waals surface area contributed by atoms with Gasteiger partial charge in [0.15, 0.2) is 0 Å². The zero-order valence-electron chi connectivity index (χ0n) is 11.1. The van der Waals surface area contributed by atoms with E-state index in [2.05, 4.69) is 9.80 Å². The van der Waals surface area contributed by atoms with Gasteiger partial charge < -0.3 is 15.5 Å². The molecule has 18 heavy (non-hydrogen) atoms. The molecule has 0 aliphatic heterocycles. The van der Waals surface area contributed by atoms with E-state index >= 15 is 0 Å². The Morgan fingerprint density at radius 2 is 1.94 bits per heavy atom. The summed E-state index contributed by atoms with van der Waals surface area (Å²) in [5.41, 5.74) is 6.83. The highest BCUT2D eigenvalue weighted by Crippen LogP contribution is 2.22. The predicted octanol–water partition coefficient (Wildman–Crippen LogP) is 1.17. The maximum atomic E-state index is 10.6. The van der Waals surface area contributed by atoms with Gasteiger partial charge in [0.2, 0.25) is 0 Å². The number of benzene rings is 1. The molecule has 0 aliphatic rings. The highest BCUT2D eigenvalue weighted by Gasteiger charge is 2.11. The molecule has 6 nitrogen and oxygen atoms in total. The first-order valence-corrected chi connectivity index (χ1v) is 5.76. The highest BCUT2D eigenvalue weighted by molar-refractivity contribution is 5.59. The third-order valence-electron chi connectivity index (χ3n) is 2.67. The molecule has 0 radical (unpaired) electrons. The van der Waals surface area contributed by atoms with Crippen LogP contribution in [0.1, 0.15) is 5.56 Å². The van der Waals surface area contributed by atoms with Crippen LogP contribution >= 0.6 is 0 Å². The Morgan fingerprint density at radius 3 is 2.44 bits per heavy atom. The van der Waals surface area contributed by atoms with E-state index in [4.69, 9.17) is 5.73 Å². The first kappa shape index (κ1) is 14.4. The summed E-state index contributed by atoms with van der Waals surface area (Å²) in [5.74, 6) is 0. The lowest BCUT2D eigenvalue weighted by atomic mass is 10.1. The Morgan fingerprint density at radius 1 is 1.28 bits per heavy atom. The van der Waals surface area contributed by atoms with Crippen LogP contribution in [0.2, 0.25) is 0 Å². The number of anilines is 1. The summed E-state index contributed by atoms with van der Waals surface area (Å²) in [7, 11) is 6.07. The van der Waals surface area contributed by atoms with Gasteiger partial charge in [-0.2, -0.15) is 0 Å². The predicted molar refractivity (Wildman–Crippen MR) is 72.4 cm³/mol. The minimum absolute atomic E-state index is 0.0327. The smallest absolute Gasteiger partial charge is 0.292 e. The topological polar surface area (TPSA) is 75.6 Å². The maximum Gasteiger partial charge on any atom is 0.292 e. The number of nitrogens with zero attached hydrogens (tertiary/aromatic N) is 3. The molecule has 0 amide bonds. The fraction of sp³-hybridized carbons (Fsp3) is 0.500. The van der Waals surface area contributed by atoms with Crippen molar-refractivity contribution in [2.75, 3.05) is 40.0 Å². The number of hydrogen-bond acceptors (Lipinski definition) is 5. The lowest BCUT2D eigenvalue weighted by Crippen LogP contribution is -2.28. The summed E-state index contributed by atoms with van der Waals surface area (Å²) in [6.45, 7) is 2.64. The molecule has 0 fully saturated rings. The number of hydrogen-bond donors (Lipinski definition) is 1. The Hall–Kier alpha value is -1.66. The zero-order valence-corrected chi connectivity index (χ0v) is 11.1. The highest BCUT2D eigenvalue weighted by atomic mass is 16.6. The monoisotopic (exact) mass is 252 g/mol. The van der Waals surface area contributed by atoms with E-state index in [1.54, 1.807) is 12.1 Å². The van der Waals surface area contributed by atoms with Crippen molar-refractivity contribution in [3.63, 3.8) is 0 Å². The van der Waals surface area contributed by atoms with Crippen LogP contribution in [0.15, 0.2) is 18.2 Å². The maximum absolute atomic E-state index is 10.6. The summed E-state index contributed by atoms with van der Waals surface area (Å²) in [6.07, 6.45) is 0. The van der Waals surface area contributed by atoms with Crippen molar-refractivity contribution in [3.05, 3.63) is 33.9 Å². The third kappa shape index (κ3) is 4.31. The van der Waals surface area contributed by atoms with Crippen molar-refractivity contribution in [1.29, 1.82) is 0 Å². The first-order valence-electron chi connectivity index (χ1n) is 5.76. The van der Waals surface area contributed by atoms with Gasteiger partial charge in [-0.1, -0.05) is 6.07 Å². The van der Waals surface area contributed by atoms with Gasteiger partial charge in [0, 0.05) is 25.7 Å². The lowest BCUT2D eigenvalue weighted by Gasteiger charge is -2.19. The molecule has 6 heteroatoms. The fourth-order valence-corrected chi connectivity index (χ4v) is 1.63. The number of nitro groups is 1. The number of likely N-dealkylation sites (N-methyl/N-ethyl adjacent to an activating group) is 2. The van der Waals surface area contributed by atoms with Crippen LogP contribution in [-0.4, -0.2) is 49.0 Å². The number of nitrogen functional groups attached to an aromatic ring is 1. The molecule has 0 saturated carbocycles. The van der Waals surface area contributed by atoms with Gasteiger partial charge in [0.05, 0.1) is 4.92 Å². The SMILES string of the molecule is CN(C)CCN(C)Cc1ccc([N+](=O)[O-])c(N)c1. The molecule has 0 aliphatic carbocycles. The normalized spacial score (nSPS) is 11.2. The van der Waals surface area contributed by atoms with Crippen LogP contribution in [0.5, 0.6) is 0 Å². The lowest BCUT2D eigenvalue weighted by molar-refractivity contribution is -0.383. The number of nitrogens with two attached hydrogens (primary N) is 1. The van der Waals surface area contributed by atoms with Crippen molar-refractivity contribution in [1.82, 2.24) is 9.80 Å². The van der Waals surface area contributed by atoms with Crippen LogP contribution in [0, 0.1) is 10.1 Å². The summed E-state index contributed by atoms with van der Waals surface area (Å²) < 4.78 is 0. The van der Waals surface area contributed by atoms with E-state index in [0.29, 0.717) is 0 Å². The van der Waals surface area contributed by atoms with Crippen molar-refractivity contribution < 1.29 is 4.92 Å². The van der Waals surface area contributed by atoms with Gasteiger partial charge in [0.25, 0.3) is 5.69 Å². The van der Waals surface area contributed by atoms with E-state index in [1.807, 2.05) is 21.1 Å². The molecule has 1 aromatic rings. The van der Waals surface area contributed by atoms with Crippen LogP contribution in [0.3, 0.4) is 0 Å². The van der Waals surface area contributed by atoms with Crippen molar-refractivity contribution in [3.8, 4) is 0 Å². The van der Waals surface area contributed by atoms with Crippen molar-refractivity contribution in [2.24, 2.45) is 0 Å². The first-order chi connectivity index (χ1) is 8.40. The third-order valence-corrected chi connectivity index (χ3v) is 2.67. The molecule has 1 aromatic carbocycles. The summed E-state index contributed by atoms with van der Waals surface area (Å²) >= 11 is 0. The van der Waals surface area contributed by atoms with Gasteiger partial charge in [-0.25, -0.2) is 0 Å². The van der Waals surface area contributed by atoms with E-state index in [1.165, 1.54) is 6.07 Å². The van der Waals surface area contributed by atoms with E-state index in [-0.39, 0.29) is 11.4 Å². The van der Waals surface area contributed by atoms with Crippen LogP contribution in [0.4, 0.5) is 11.4 Å². The van der Waals surface area contributed by atoms with Crippen LogP contribution < -0.4 is 5.73 Å². The molecule has 0 atom stereocenters. The van der Waals surface area contributed by atoms with E-state index in [9.17, 15) is 10.1 Å². The Bertz CT molecular complexity index is 421. The fourth-order valence-electron chi connectivity index (χ4n) is 1.63. The molecule has 100 valence electrons. The van der Waals surface area contributed by atoms with Gasteiger partial charge >= 0.3 is 0 Å². The molecular formula is C12H20N4O2. The molecular weight excluding hydrogens is 232 g/mol. The van der Waals surface area contributed by atoms with Crippen molar-refractivity contribution in [2.45, 2.75) is 6.54 Å². The molecule has 0 heterocycles. The van der Waals surface area contributed by atoms with Crippen LogP contribution in [-0.2, 0) is 6.54 Å². The van der Waals surface area contributed by atoms with E-state index < -0.39 is 4.92 Å².